The molecule has 0 saturated heterocycles. The molecule has 28 heavy (non-hydrogen) atoms. The summed E-state index contributed by atoms with van der Waals surface area (Å²) in [5.41, 5.74) is 6.37. The number of ketones is 1. The molecule has 0 aliphatic carbocycles. The van der Waals surface area contributed by atoms with Crippen LogP contribution in [0.25, 0.3) is 5.69 Å². The smallest absolute Gasteiger partial charge is 0.191 e. The van der Waals surface area contributed by atoms with Crippen LogP contribution in [-0.2, 0) is 6.54 Å². The average molecular weight is 395 g/mol. The summed E-state index contributed by atoms with van der Waals surface area (Å²) in [5.74, 6) is 1.24. The van der Waals surface area contributed by atoms with Gasteiger partial charge in [-0.3, -0.25) is 4.79 Å². The molecule has 0 fully saturated rings. The SMILES string of the molecule is C=CCn1c(C)nnc1SCC(=O)c1cc(C)n(-c2ccc(C)c(C)c2)c1C. The van der Waals surface area contributed by atoms with Crippen molar-refractivity contribution in [1.29, 1.82) is 0 Å². The number of rotatable bonds is 7. The number of carbonyl (C=O) groups is 1. The van der Waals surface area contributed by atoms with Gasteiger partial charge in [0.2, 0.25) is 0 Å². The molecule has 3 aromatic rings. The highest BCUT2D eigenvalue weighted by molar-refractivity contribution is 7.99. The molecule has 0 atom stereocenters. The number of allylic oxidation sites excluding steroid dienone is 1. The molecule has 0 radical (unpaired) electrons. The fourth-order valence-corrected chi connectivity index (χ4v) is 4.20. The molecule has 2 heterocycles. The van der Waals surface area contributed by atoms with Crippen molar-refractivity contribution in [2.45, 2.75) is 46.3 Å². The van der Waals surface area contributed by atoms with Crippen molar-refractivity contribution in [1.82, 2.24) is 19.3 Å². The molecule has 6 heteroatoms. The molecule has 5 nitrogen and oxygen atoms in total. The quantitative estimate of drug-likeness (QED) is 0.329. The van der Waals surface area contributed by atoms with Crippen LogP contribution in [0.4, 0.5) is 0 Å². The maximum absolute atomic E-state index is 12.9. The fraction of sp³-hybridized carbons (Fsp3) is 0.318. The van der Waals surface area contributed by atoms with E-state index in [1.54, 1.807) is 6.08 Å². The molecule has 0 aliphatic heterocycles. The van der Waals surface area contributed by atoms with Crippen molar-refractivity contribution < 1.29 is 4.79 Å². The Morgan fingerprint density at radius 3 is 2.54 bits per heavy atom. The lowest BCUT2D eigenvalue weighted by molar-refractivity contribution is 0.102. The van der Waals surface area contributed by atoms with Crippen LogP contribution in [-0.4, -0.2) is 30.9 Å². The van der Waals surface area contributed by atoms with Gasteiger partial charge in [0, 0.05) is 29.2 Å². The summed E-state index contributed by atoms with van der Waals surface area (Å²) in [6.45, 7) is 14.6. The Morgan fingerprint density at radius 1 is 1.11 bits per heavy atom. The Bertz CT molecular complexity index is 1050. The summed E-state index contributed by atoms with van der Waals surface area (Å²) in [4.78, 5) is 12.9. The second kappa shape index (κ2) is 8.19. The van der Waals surface area contributed by atoms with Crippen LogP contribution >= 0.6 is 11.8 Å². The fourth-order valence-electron chi connectivity index (χ4n) is 3.32. The zero-order valence-electron chi connectivity index (χ0n) is 17.1. The van der Waals surface area contributed by atoms with E-state index in [0.717, 1.165) is 33.6 Å². The van der Waals surface area contributed by atoms with Crippen molar-refractivity contribution in [3.63, 3.8) is 0 Å². The van der Waals surface area contributed by atoms with Gasteiger partial charge in [0.1, 0.15) is 5.82 Å². The van der Waals surface area contributed by atoms with Gasteiger partial charge in [-0.25, -0.2) is 0 Å². The van der Waals surface area contributed by atoms with E-state index in [4.69, 9.17) is 0 Å². The van der Waals surface area contributed by atoms with E-state index in [-0.39, 0.29) is 5.78 Å². The molecule has 0 aliphatic rings. The first-order valence-electron chi connectivity index (χ1n) is 9.26. The van der Waals surface area contributed by atoms with E-state index in [9.17, 15) is 4.79 Å². The third kappa shape index (κ3) is 3.83. The Labute approximate surface area is 170 Å². The summed E-state index contributed by atoms with van der Waals surface area (Å²) in [5, 5.41) is 9.03. The van der Waals surface area contributed by atoms with E-state index in [0.29, 0.717) is 12.3 Å². The lowest BCUT2D eigenvalue weighted by Gasteiger charge is -2.12. The second-order valence-electron chi connectivity index (χ2n) is 7.03. The molecule has 3 rings (SSSR count). The first kappa shape index (κ1) is 20.1. The minimum absolute atomic E-state index is 0.0963. The second-order valence-corrected chi connectivity index (χ2v) is 7.97. The van der Waals surface area contributed by atoms with Gasteiger partial charge in [-0.1, -0.05) is 23.9 Å². The van der Waals surface area contributed by atoms with E-state index in [1.807, 2.05) is 31.4 Å². The molecule has 0 unspecified atom stereocenters. The molecule has 0 saturated carbocycles. The Kier molecular flexibility index (Phi) is 5.89. The lowest BCUT2D eigenvalue weighted by Crippen LogP contribution is -2.07. The summed E-state index contributed by atoms with van der Waals surface area (Å²) in [7, 11) is 0. The van der Waals surface area contributed by atoms with Crippen LogP contribution < -0.4 is 0 Å². The maximum atomic E-state index is 12.9. The number of hydrogen-bond donors (Lipinski definition) is 0. The van der Waals surface area contributed by atoms with Gasteiger partial charge in [-0.2, -0.15) is 0 Å². The zero-order chi connectivity index (χ0) is 20.4. The summed E-state index contributed by atoms with van der Waals surface area (Å²) in [6, 6.07) is 8.37. The third-order valence-electron chi connectivity index (χ3n) is 5.03. The summed E-state index contributed by atoms with van der Waals surface area (Å²) >= 11 is 1.42. The zero-order valence-corrected chi connectivity index (χ0v) is 17.9. The van der Waals surface area contributed by atoms with Crippen molar-refractivity contribution >= 4 is 17.5 Å². The lowest BCUT2D eigenvalue weighted by atomic mass is 10.1. The largest absolute Gasteiger partial charge is 0.318 e. The number of nitrogens with zero attached hydrogens (tertiary/aromatic N) is 4. The Hall–Kier alpha value is -2.60. The first-order valence-corrected chi connectivity index (χ1v) is 10.2. The van der Waals surface area contributed by atoms with Crippen molar-refractivity contribution in [3.8, 4) is 5.69 Å². The standard InChI is InChI=1S/C22H26N4OS/c1-7-10-25-18(6)23-24-22(25)28-13-21(27)20-12-16(4)26(17(20)5)19-9-8-14(2)15(3)11-19/h7-9,11-12H,1,10,13H2,2-6H3. The molecule has 2 aromatic heterocycles. The molecule has 1 aromatic carbocycles. The van der Waals surface area contributed by atoms with Crippen molar-refractivity contribution in [3.05, 3.63) is 70.8 Å². The topological polar surface area (TPSA) is 52.7 Å². The molecule has 146 valence electrons. The predicted octanol–water partition coefficient (Wildman–Crippen LogP) is 4.77. The minimum Gasteiger partial charge on any atom is -0.318 e. The van der Waals surface area contributed by atoms with Crippen LogP contribution in [0.2, 0.25) is 0 Å². The van der Waals surface area contributed by atoms with E-state index in [2.05, 4.69) is 53.4 Å². The van der Waals surface area contributed by atoms with E-state index < -0.39 is 0 Å². The van der Waals surface area contributed by atoms with E-state index in [1.165, 1.54) is 22.9 Å². The Balaban J connectivity index is 1.83. The highest BCUT2D eigenvalue weighted by Gasteiger charge is 2.18. The molecule has 0 bridgehead atoms. The normalized spacial score (nSPS) is 11.0. The van der Waals surface area contributed by atoms with Crippen LogP contribution in [0.15, 0.2) is 42.1 Å². The van der Waals surface area contributed by atoms with Gasteiger partial charge in [0.05, 0.1) is 5.75 Å². The van der Waals surface area contributed by atoms with Gasteiger partial charge in [0.15, 0.2) is 10.9 Å². The van der Waals surface area contributed by atoms with E-state index >= 15 is 0 Å². The number of carbonyl (C=O) groups excluding carboxylic acids is 1. The van der Waals surface area contributed by atoms with Gasteiger partial charge < -0.3 is 9.13 Å². The van der Waals surface area contributed by atoms with Crippen LogP contribution in [0, 0.1) is 34.6 Å². The third-order valence-corrected chi connectivity index (χ3v) is 5.99. The molecule has 0 N–H and O–H groups in total. The van der Waals surface area contributed by atoms with Gasteiger partial charge in [-0.05, 0) is 63.9 Å². The van der Waals surface area contributed by atoms with Crippen molar-refractivity contribution in [2.75, 3.05) is 5.75 Å². The highest BCUT2D eigenvalue weighted by Crippen LogP contribution is 2.25. The average Bonchev–Trinajstić information content (AvgIpc) is 3.15. The van der Waals surface area contributed by atoms with Crippen LogP contribution in [0.5, 0.6) is 0 Å². The minimum atomic E-state index is 0.0963. The van der Waals surface area contributed by atoms with Gasteiger partial charge >= 0.3 is 0 Å². The number of hydrogen-bond acceptors (Lipinski definition) is 4. The molecular weight excluding hydrogens is 368 g/mol. The molecule has 0 amide bonds. The highest BCUT2D eigenvalue weighted by atomic mass is 32.2. The first-order chi connectivity index (χ1) is 13.3. The number of thioether (sulfide) groups is 1. The van der Waals surface area contributed by atoms with Gasteiger partial charge in [0.25, 0.3) is 0 Å². The number of Topliss-reactive ketones (excluding diaryl/α,β-unsaturated/α-hetero) is 1. The molecule has 0 spiro atoms. The monoisotopic (exact) mass is 394 g/mol. The summed E-state index contributed by atoms with van der Waals surface area (Å²) in [6.07, 6.45) is 1.80. The number of aromatic nitrogens is 4. The van der Waals surface area contributed by atoms with Crippen LogP contribution in [0.1, 0.15) is 38.7 Å². The van der Waals surface area contributed by atoms with Crippen molar-refractivity contribution in [2.24, 2.45) is 0 Å². The number of aryl methyl sites for hydroxylation is 4. The summed E-state index contributed by atoms with van der Waals surface area (Å²) < 4.78 is 4.11. The van der Waals surface area contributed by atoms with Crippen LogP contribution in [0.3, 0.4) is 0 Å². The van der Waals surface area contributed by atoms with Gasteiger partial charge in [-0.15, -0.1) is 16.8 Å². The Morgan fingerprint density at radius 2 is 1.86 bits per heavy atom. The maximum Gasteiger partial charge on any atom is 0.191 e. The number of benzene rings is 1. The predicted molar refractivity (Wildman–Crippen MR) is 115 cm³/mol. The molecular formula is C22H26N4OS.